The summed E-state index contributed by atoms with van der Waals surface area (Å²) >= 11 is 9.15. The molecule has 0 radical (unpaired) electrons. The van der Waals surface area contributed by atoms with Crippen LogP contribution < -0.4 is 0 Å². The maximum absolute atomic E-state index is 13.0. The number of nitrogens with zero attached hydrogens (tertiary/aromatic N) is 4. The molecule has 0 aliphatic heterocycles. The van der Waals surface area contributed by atoms with E-state index in [1.165, 1.54) is 28.8 Å². The van der Waals surface area contributed by atoms with Crippen molar-refractivity contribution in [2.24, 2.45) is 0 Å². The lowest BCUT2D eigenvalue weighted by Gasteiger charge is -2.05. The number of rotatable bonds is 5. The zero-order chi connectivity index (χ0) is 14.7. The van der Waals surface area contributed by atoms with E-state index >= 15 is 0 Å². The van der Waals surface area contributed by atoms with Crippen LogP contribution in [0.3, 0.4) is 0 Å². The molecule has 108 valence electrons. The lowest BCUT2D eigenvalue weighted by atomic mass is 10.2. The minimum atomic E-state index is -0.337. The predicted molar refractivity (Wildman–Crippen MR) is 82.2 cm³/mol. The standard InChI is InChI=1S/C13H10ClFN4S2/c14-12-6-10(15)4-3-9(12)8-21-13-16-17-18-19(13)7-11-2-1-5-20-11/h1-6H,7-8H2. The molecular weight excluding hydrogens is 331 g/mol. The Hall–Kier alpha value is -1.44. The number of tetrazole rings is 1. The zero-order valence-corrected chi connectivity index (χ0v) is 13.1. The van der Waals surface area contributed by atoms with Crippen LogP contribution in [-0.4, -0.2) is 20.2 Å². The molecule has 21 heavy (non-hydrogen) atoms. The van der Waals surface area contributed by atoms with Gasteiger partial charge >= 0.3 is 0 Å². The van der Waals surface area contributed by atoms with Crippen LogP contribution in [0.1, 0.15) is 10.4 Å². The Morgan fingerprint density at radius 2 is 2.24 bits per heavy atom. The molecule has 0 saturated carbocycles. The minimum absolute atomic E-state index is 0.337. The van der Waals surface area contributed by atoms with Crippen LogP contribution in [0.15, 0.2) is 40.9 Å². The Morgan fingerprint density at radius 1 is 1.33 bits per heavy atom. The summed E-state index contributed by atoms with van der Waals surface area (Å²) in [6.07, 6.45) is 0. The van der Waals surface area contributed by atoms with Crippen molar-refractivity contribution in [2.75, 3.05) is 0 Å². The van der Waals surface area contributed by atoms with E-state index in [1.807, 2.05) is 17.5 Å². The Kier molecular flexibility index (Phi) is 4.52. The first-order valence-corrected chi connectivity index (χ1v) is 8.32. The Bertz CT molecular complexity index is 730. The quantitative estimate of drug-likeness (QED) is 0.661. The van der Waals surface area contributed by atoms with E-state index in [2.05, 4.69) is 15.5 Å². The van der Waals surface area contributed by atoms with Crippen LogP contribution in [0.4, 0.5) is 4.39 Å². The first kappa shape index (κ1) is 14.5. The van der Waals surface area contributed by atoms with Crippen molar-refractivity contribution in [2.45, 2.75) is 17.5 Å². The lowest BCUT2D eigenvalue weighted by Crippen LogP contribution is -2.02. The smallest absolute Gasteiger partial charge is 0.209 e. The van der Waals surface area contributed by atoms with Gasteiger partial charge in [0, 0.05) is 15.7 Å². The molecule has 0 spiro atoms. The average molecular weight is 341 g/mol. The molecule has 0 aliphatic carbocycles. The highest BCUT2D eigenvalue weighted by Gasteiger charge is 2.10. The monoisotopic (exact) mass is 340 g/mol. The van der Waals surface area contributed by atoms with Gasteiger partial charge in [0.05, 0.1) is 6.54 Å². The molecule has 0 aliphatic rings. The molecule has 0 bridgehead atoms. The van der Waals surface area contributed by atoms with E-state index in [-0.39, 0.29) is 5.82 Å². The van der Waals surface area contributed by atoms with Crippen molar-refractivity contribution in [3.8, 4) is 0 Å². The fraction of sp³-hybridized carbons (Fsp3) is 0.154. The van der Waals surface area contributed by atoms with Crippen molar-refractivity contribution in [3.63, 3.8) is 0 Å². The van der Waals surface area contributed by atoms with Crippen LogP contribution in [0, 0.1) is 5.82 Å². The van der Waals surface area contributed by atoms with Crippen molar-refractivity contribution < 1.29 is 4.39 Å². The van der Waals surface area contributed by atoms with Gasteiger partial charge in [0.25, 0.3) is 0 Å². The first-order valence-electron chi connectivity index (χ1n) is 6.07. The number of halogens is 2. The summed E-state index contributed by atoms with van der Waals surface area (Å²) in [5, 5.41) is 14.9. The Balaban J connectivity index is 1.69. The topological polar surface area (TPSA) is 43.6 Å². The summed E-state index contributed by atoms with van der Waals surface area (Å²) in [4.78, 5) is 1.18. The second kappa shape index (κ2) is 6.55. The lowest BCUT2D eigenvalue weighted by molar-refractivity contribution is 0.608. The molecule has 3 rings (SSSR count). The molecule has 0 N–H and O–H groups in total. The third-order valence-electron chi connectivity index (χ3n) is 2.76. The Morgan fingerprint density at radius 3 is 3.00 bits per heavy atom. The predicted octanol–water partition coefficient (Wildman–Crippen LogP) is 3.87. The fourth-order valence-electron chi connectivity index (χ4n) is 1.73. The second-order valence-electron chi connectivity index (χ2n) is 4.22. The molecule has 2 aromatic heterocycles. The third kappa shape index (κ3) is 3.61. The number of thiophene rings is 1. The van der Waals surface area contributed by atoms with Gasteiger partial charge in [0.1, 0.15) is 5.82 Å². The van der Waals surface area contributed by atoms with E-state index in [0.29, 0.717) is 22.5 Å². The molecule has 2 heterocycles. The van der Waals surface area contributed by atoms with Gasteiger partial charge in [0.15, 0.2) is 0 Å². The van der Waals surface area contributed by atoms with Gasteiger partial charge in [-0.15, -0.1) is 16.4 Å². The van der Waals surface area contributed by atoms with Gasteiger partial charge in [0.2, 0.25) is 5.16 Å². The highest BCUT2D eigenvalue weighted by Crippen LogP contribution is 2.26. The number of benzene rings is 1. The largest absolute Gasteiger partial charge is 0.215 e. The number of hydrogen-bond acceptors (Lipinski definition) is 5. The molecule has 4 nitrogen and oxygen atoms in total. The van der Waals surface area contributed by atoms with Crippen LogP contribution in [-0.2, 0) is 12.3 Å². The summed E-state index contributed by atoms with van der Waals surface area (Å²) in [5.41, 5.74) is 0.855. The number of thioether (sulfide) groups is 1. The van der Waals surface area contributed by atoms with E-state index in [9.17, 15) is 4.39 Å². The zero-order valence-electron chi connectivity index (χ0n) is 10.7. The summed E-state index contributed by atoms with van der Waals surface area (Å²) in [7, 11) is 0. The van der Waals surface area contributed by atoms with Gasteiger partial charge < -0.3 is 0 Å². The van der Waals surface area contributed by atoms with Gasteiger partial charge in [-0.3, -0.25) is 0 Å². The van der Waals surface area contributed by atoms with Crippen molar-refractivity contribution in [3.05, 3.63) is 57.0 Å². The minimum Gasteiger partial charge on any atom is -0.215 e. The van der Waals surface area contributed by atoms with Crippen LogP contribution in [0.5, 0.6) is 0 Å². The van der Waals surface area contributed by atoms with E-state index in [4.69, 9.17) is 11.6 Å². The SMILES string of the molecule is Fc1ccc(CSc2nnnn2Cc2cccs2)c(Cl)c1. The van der Waals surface area contributed by atoms with E-state index in [1.54, 1.807) is 22.1 Å². The molecule has 0 atom stereocenters. The molecule has 0 unspecified atom stereocenters. The third-order valence-corrected chi connectivity index (χ3v) is 4.98. The summed E-state index contributed by atoms with van der Waals surface area (Å²) < 4.78 is 14.8. The van der Waals surface area contributed by atoms with Crippen molar-refractivity contribution in [1.29, 1.82) is 0 Å². The van der Waals surface area contributed by atoms with Crippen LogP contribution in [0.2, 0.25) is 5.02 Å². The number of hydrogen-bond donors (Lipinski definition) is 0. The van der Waals surface area contributed by atoms with Crippen molar-refractivity contribution >= 4 is 34.7 Å². The highest BCUT2D eigenvalue weighted by atomic mass is 35.5. The molecular formula is C13H10ClFN4S2. The van der Waals surface area contributed by atoms with Gasteiger partial charge in [-0.25, -0.2) is 9.07 Å². The van der Waals surface area contributed by atoms with Crippen LogP contribution in [0.25, 0.3) is 0 Å². The summed E-state index contributed by atoms with van der Waals surface area (Å²) in [6, 6.07) is 8.42. The maximum atomic E-state index is 13.0. The average Bonchev–Trinajstić information content (AvgIpc) is 3.10. The van der Waals surface area contributed by atoms with Gasteiger partial charge in [-0.1, -0.05) is 35.5 Å². The van der Waals surface area contributed by atoms with E-state index < -0.39 is 0 Å². The van der Waals surface area contributed by atoms with E-state index in [0.717, 1.165) is 5.56 Å². The van der Waals surface area contributed by atoms with Gasteiger partial charge in [-0.2, -0.15) is 0 Å². The van der Waals surface area contributed by atoms with Crippen LogP contribution >= 0.6 is 34.7 Å². The molecule has 8 heteroatoms. The highest BCUT2D eigenvalue weighted by molar-refractivity contribution is 7.98. The first-order chi connectivity index (χ1) is 10.2. The van der Waals surface area contributed by atoms with Crippen molar-refractivity contribution in [1.82, 2.24) is 20.2 Å². The fourth-order valence-corrected chi connectivity index (χ4v) is 3.61. The molecule has 1 aromatic carbocycles. The summed E-state index contributed by atoms with van der Waals surface area (Å²) in [5.74, 6) is 0.250. The number of aromatic nitrogens is 4. The summed E-state index contributed by atoms with van der Waals surface area (Å²) in [6.45, 7) is 0.643. The van der Waals surface area contributed by atoms with Gasteiger partial charge in [-0.05, 0) is 39.6 Å². The normalized spacial score (nSPS) is 11.0. The molecule has 0 saturated heterocycles. The second-order valence-corrected chi connectivity index (χ2v) is 6.60. The molecule has 0 fully saturated rings. The molecule has 0 amide bonds. The molecule has 3 aromatic rings. The maximum Gasteiger partial charge on any atom is 0.209 e. The Labute approximate surface area is 133 Å².